The van der Waals surface area contributed by atoms with Crippen molar-refractivity contribution in [1.82, 2.24) is 20.0 Å². The van der Waals surface area contributed by atoms with E-state index < -0.39 is 17.7 Å². The Bertz CT molecular complexity index is 1370. The molecule has 0 radical (unpaired) electrons. The van der Waals surface area contributed by atoms with E-state index in [1.807, 2.05) is 29.2 Å². The number of piperazine rings is 1. The molecule has 5 rings (SSSR count). The van der Waals surface area contributed by atoms with Crippen LogP contribution >= 0.6 is 12.4 Å². The highest BCUT2D eigenvalue weighted by Crippen LogP contribution is 2.37. The summed E-state index contributed by atoms with van der Waals surface area (Å²) in [6.45, 7) is 4.72. The summed E-state index contributed by atoms with van der Waals surface area (Å²) in [5.74, 6) is 1.37. The molecule has 10 nitrogen and oxygen atoms in total. The first-order valence-electron chi connectivity index (χ1n) is 16.9. The third-order valence-corrected chi connectivity index (χ3v) is 10.0. The van der Waals surface area contributed by atoms with Crippen LogP contribution in [0, 0.1) is 5.92 Å². The molecular weight excluding hydrogens is 620 g/mol. The molecule has 2 atom stereocenters. The minimum atomic E-state index is -0.866. The highest BCUT2D eigenvalue weighted by atomic mass is 35.5. The van der Waals surface area contributed by atoms with Gasteiger partial charge in [-0.2, -0.15) is 0 Å². The second-order valence-electron chi connectivity index (χ2n) is 13.3. The van der Waals surface area contributed by atoms with Crippen LogP contribution in [0.15, 0.2) is 42.5 Å². The monoisotopic (exact) mass is 670 g/mol. The number of carbonyl (C=O) groups excluding carboxylic acids is 3. The van der Waals surface area contributed by atoms with Gasteiger partial charge in [-0.3, -0.25) is 19.3 Å². The van der Waals surface area contributed by atoms with E-state index >= 15 is 0 Å². The van der Waals surface area contributed by atoms with Gasteiger partial charge < -0.3 is 29.7 Å². The van der Waals surface area contributed by atoms with E-state index in [1.54, 1.807) is 39.4 Å². The van der Waals surface area contributed by atoms with Crippen LogP contribution in [0.4, 0.5) is 0 Å². The maximum Gasteiger partial charge on any atom is 0.253 e. The smallest absolute Gasteiger partial charge is 0.253 e. The fourth-order valence-electron chi connectivity index (χ4n) is 7.23. The van der Waals surface area contributed by atoms with Crippen molar-refractivity contribution in [3.63, 3.8) is 0 Å². The fourth-order valence-corrected chi connectivity index (χ4v) is 7.23. The first-order chi connectivity index (χ1) is 22.2. The number of carbonyl (C=O) groups is 3. The van der Waals surface area contributed by atoms with Crippen molar-refractivity contribution in [2.24, 2.45) is 5.92 Å². The Morgan fingerprint density at radius 1 is 1.04 bits per heavy atom. The Morgan fingerprint density at radius 2 is 1.72 bits per heavy atom. The number of methoxy groups -OCH3 is 1. The third kappa shape index (κ3) is 8.04. The Balaban J connectivity index is 0.00000500. The van der Waals surface area contributed by atoms with Crippen LogP contribution in [0.1, 0.15) is 80.6 Å². The minimum absolute atomic E-state index is 0. The van der Waals surface area contributed by atoms with Crippen molar-refractivity contribution < 1.29 is 29.0 Å². The molecule has 2 saturated heterocycles. The summed E-state index contributed by atoms with van der Waals surface area (Å²) in [7, 11) is 4.96. The van der Waals surface area contributed by atoms with Crippen molar-refractivity contribution in [2.45, 2.75) is 88.9 Å². The van der Waals surface area contributed by atoms with Crippen LogP contribution in [0.3, 0.4) is 0 Å². The van der Waals surface area contributed by atoms with Crippen LogP contribution in [0.5, 0.6) is 17.2 Å². The summed E-state index contributed by atoms with van der Waals surface area (Å²) in [4.78, 5) is 45.7. The number of nitrogens with zero attached hydrogens (tertiary/aromatic N) is 3. The van der Waals surface area contributed by atoms with Crippen molar-refractivity contribution >= 4 is 30.1 Å². The lowest BCUT2D eigenvalue weighted by atomic mass is 9.78. The summed E-state index contributed by atoms with van der Waals surface area (Å²) in [5, 5.41) is 14.2. The normalized spacial score (nSPS) is 20.7. The number of ether oxygens (including phenoxy) is 2. The van der Waals surface area contributed by atoms with E-state index in [0.29, 0.717) is 61.8 Å². The van der Waals surface area contributed by atoms with Gasteiger partial charge in [-0.05, 0) is 73.9 Å². The van der Waals surface area contributed by atoms with Gasteiger partial charge in [0.15, 0.2) is 11.5 Å². The van der Waals surface area contributed by atoms with Gasteiger partial charge in [0.1, 0.15) is 17.3 Å². The maximum absolute atomic E-state index is 13.9. The number of hydrogen-bond acceptors (Lipinski definition) is 7. The molecule has 2 N–H and O–H groups in total. The molecule has 2 aliphatic heterocycles. The summed E-state index contributed by atoms with van der Waals surface area (Å²) < 4.78 is 11.6. The van der Waals surface area contributed by atoms with Crippen molar-refractivity contribution in [3.05, 3.63) is 53.6 Å². The minimum Gasteiger partial charge on any atom is -0.493 e. The number of piperidine rings is 1. The topological polar surface area (TPSA) is 112 Å². The maximum atomic E-state index is 13.9. The van der Waals surface area contributed by atoms with Crippen LogP contribution in [-0.4, -0.2) is 96.1 Å². The lowest BCUT2D eigenvalue weighted by Gasteiger charge is -2.52. The number of aliphatic hydroxyl groups excluding tert-OH is 1. The molecule has 1 spiro atoms. The third-order valence-electron chi connectivity index (χ3n) is 10.0. The quantitative estimate of drug-likeness (QED) is 0.346. The highest BCUT2D eigenvalue weighted by molar-refractivity contribution is 6.00. The second kappa shape index (κ2) is 16.2. The van der Waals surface area contributed by atoms with E-state index in [0.717, 1.165) is 44.1 Å². The average Bonchev–Trinajstić information content (AvgIpc) is 3.08. The SMILES string of the molecule is CCCCN1C(=O)[C@@H]([C@H](O)C2CCCCC2)NC(=O)C12CCN(Cc1ccc(Oc3ccc(C(=O)N(C)C)cc3OC)cc1)CC2.Cl. The van der Waals surface area contributed by atoms with E-state index in [1.165, 1.54) is 11.3 Å². The lowest BCUT2D eigenvalue weighted by Crippen LogP contribution is -2.75. The van der Waals surface area contributed by atoms with Gasteiger partial charge in [0.05, 0.1) is 13.2 Å². The number of unbranched alkanes of at least 4 members (excludes halogenated alkanes) is 1. The molecule has 2 aromatic carbocycles. The van der Waals surface area contributed by atoms with Gasteiger partial charge in [-0.15, -0.1) is 12.4 Å². The zero-order chi connectivity index (χ0) is 32.8. The predicted molar refractivity (Wildman–Crippen MR) is 183 cm³/mol. The molecule has 258 valence electrons. The molecule has 0 bridgehead atoms. The molecule has 47 heavy (non-hydrogen) atoms. The zero-order valence-electron chi connectivity index (χ0n) is 28.2. The number of aliphatic hydroxyl groups is 1. The van der Waals surface area contributed by atoms with Crippen molar-refractivity contribution in [3.8, 4) is 17.2 Å². The van der Waals surface area contributed by atoms with E-state index in [4.69, 9.17) is 9.47 Å². The second-order valence-corrected chi connectivity index (χ2v) is 13.3. The standard InChI is InChI=1S/C36H50N4O6.ClH/c1-5-6-20-40-34(43)31(32(41)26-10-8-7-9-11-26)37-35(44)36(40)18-21-39(22-19-36)24-25-12-15-28(16-13-25)46-29-17-14-27(23-30(29)45-4)33(42)38(2)3;/h12-17,23,26,31-32,41H,5-11,18-22,24H2,1-4H3,(H,37,44);1H/t31-,32-;/m1./s1. The van der Waals surface area contributed by atoms with Crippen LogP contribution in [0.2, 0.25) is 0 Å². The summed E-state index contributed by atoms with van der Waals surface area (Å²) in [5.41, 5.74) is 0.771. The number of halogens is 1. The van der Waals surface area contributed by atoms with Gasteiger partial charge in [0.25, 0.3) is 5.91 Å². The Kier molecular flexibility index (Phi) is 12.6. The zero-order valence-corrected chi connectivity index (χ0v) is 29.0. The lowest BCUT2D eigenvalue weighted by molar-refractivity contribution is -0.166. The van der Waals surface area contributed by atoms with E-state index in [-0.39, 0.29) is 36.0 Å². The summed E-state index contributed by atoms with van der Waals surface area (Å²) >= 11 is 0. The van der Waals surface area contributed by atoms with Gasteiger partial charge in [-0.25, -0.2) is 0 Å². The largest absolute Gasteiger partial charge is 0.493 e. The molecule has 1 aliphatic carbocycles. The van der Waals surface area contributed by atoms with Gasteiger partial charge in [0.2, 0.25) is 11.8 Å². The number of amides is 3. The first-order valence-corrected chi connectivity index (χ1v) is 16.9. The highest BCUT2D eigenvalue weighted by Gasteiger charge is 2.55. The molecule has 0 aromatic heterocycles. The van der Waals surface area contributed by atoms with Crippen LogP contribution in [-0.2, 0) is 16.1 Å². The molecule has 3 fully saturated rings. The van der Waals surface area contributed by atoms with E-state index in [9.17, 15) is 19.5 Å². The molecule has 11 heteroatoms. The molecule has 3 amide bonds. The number of nitrogens with one attached hydrogen (secondary N) is 1. The predicted octanol–water partition coefficient (Wildman–Crippen LogP) is 5.01. The Morgan fingerprint density at radius 3 is 2.34 bits per heavy atom. The van der Waals surface area contributed by atoms with Crippen LogP contribution < -0.4 is 14.8 Å². The number of likely N-dealkylation sites (tertiary alicyclic amines) is 1. The van der Waals surface area contributed by atoms with E-state index in [2.05, 4.69) is 17.1 Å². The van der Waals surface area contributed by atoms with Crippen LogP contribution in [0.25, 0.3) is 0 Å². The molecule has 3 aliphatic rings. The molecule has 0 unspecified atom stereocenters. The molecule has 1 saturated carbocycles. The Labute approximate surface area is 285 Å². The first kappa shape index (κ1) is 36.5. The number of rotatable bonds is 11. The Hall–Kier alpha value is -3.34. The van der Waals surface area contributed by atoms with Crippen molar-refractivity contribution in [1.29, 1.82) is 0 Å². The van der Waals surface area contributed by atoms with Gasteiger partial charge >= 0.3 is 0 Å². The fraction of sp³-hybridized carbons (Fsp3) is 0.583. The van der Waals surface area contributed by atoms with Crippen molar-refractivity contribution in [2.75, 3.05) is 40.8 Å². The molecular formula is C36H51ClN4O6. The average molecular weight is 671 g/mol. The molecule has 2 heterocycles. The number of hydrogen-bond donors (Lipinski definition) is 2. The summed E-state index contributed by atoms with van der Waals surface area (Å²) in [6.07, 6.45) is 7.16. The van der Waals surface area contributed by atoms with Gasteiger partial charge in [0, 0.05) is 45.8 Å². The molecule has 2 aromatic rings. The number of benzene rings is 2. The van der Waals surface area contributed by atoms with Gasteiger partial charge in [-0.1, -0.05) is 44.7 Å². The summed E-state index contributed by atoms with van der Waals surface area (Å²) in [6, 6.07) is 12.2.